The van der Waals surface area contributed by atoms with E-state index < -0.39 is 0 Å². The van der Waals surface area contributed by atoms with Crippen molar-refractivity contribution in [2.75, 3.05) is 13.1 Å². The van der Waals surface area contributed by atoms with Gasteiger partial charge < -0.3 is 5.32 Å². The van der Waals surface area contributed by atoms with Crippen molar-refractivity contribution in [3.63, 3.8) is 0 Å². The zero-order valence-corrected chi connectivity index (χ0v) is 9.71. The van der Waals surface area contributed by atoms with Gasteiger partial charge >= 0.3 is 0 Å². The van der Waals surface area contributed by atoms with E-state index in [9.17, 15) is 0 Å². The van der Waals surface area contributed by atoms with E-state index in [4.69, 9.17) is 0 Å². The number of aromatic nitrogens is 3. The summed E-state index contributed by atoms with van der Waals surface area (Å²) in [5, 5.41) is 8.02. The van der Waals surface area contributed by atoms with Gasteiger partial charge in [-0.1, -0.05) is 6.07 Å². The van der Waals surface area contributed by atoms with Crippen LogP contribution < -0.4 is 5.32 Å². The Labute approximate surface area is 101 Å². The van der Waals surface area contributed by atoms with Crippen molar-refractivity contribution in [1.29, 1.82) is 0 Å². The quantitative estimate of drug-likeness (QED) is 0.853. The first kappa shape index (κ1) is 10.5. The maximum absolute atomic E-state index is 4.62. The van der Waals surface area contributed by atoms with Crippen LogP contribution in [-0.4, -0.2) is 27.9 Å². The van der Waals surface area contributed by atoms with Gasteiger partial charge in [-0.25, -0.2) is 0 Å². The normalized spacial score (nSPS) is 20.4. The Kier molecular flexibility index (Phi) is 2.88. The predicted molar refractivity (Wildman–Crippen MR) is 66.6 cm³/mol. The maximum Gasteiger partial charge on any atom is 0.111 e. The minimum Gasteiger partial charge on any atom is -0.315 e. The van der Waals surface area contributed by atoms with Crippen LogP contribution in [0.15, 0.2) is 36.7 Å². The molecule has 1 aliphatic rings. The van der Waals surface area contributed by atoms with Crippen LogP contribution in [0.5, 0.6) is 0 Å². The summed E-state index contributed by atoms with van der Waals surface area (Å²) in [6.07, 6.45) is 6.29. The number of rotatable bonds is 2. The average molecular weight is 228 g/mol. The molecule has 0 radical (unpaired) electrons. The maximum atomic E-state index is 4.62. The molecule has 0 bridgehead atoms. The molecule has 0 saturated carbocycles. The molecule has 0 aromatic carbocycles. The summed E-state index contributed by atoms with van der Waals surface area (Å²) in [4.78, 5) is 4.32. The molecule has 4 heteroatoms. The Balaban J connectivity index is 1.83. The molecule has 1 fully saturated rings. The lowest BCUT2D eigenvalue weighted by Gasteiger charge is -2.22. The van der Waals surface area contributed by atoms with Crippen LogP contribution in [-0.2, 0) is 0 Å². The van der Waals surface area contributed by atoms with Crippen LogP contribution in [0.3, 0.4) is 0 Å². The highest BCUT2D eigenvalue weighted by molar-refractivity contribution is 5.52. The summed E-state index contributed by atoms with van der Waals surface area (Å²) in [7, 11) is 0. The third kappa shape index (κ3) is 2.22. The summed E-state index contributed by atoms with van der Waals surface area (Å²) >= 11 is 0. The molecule has 1 N–H and O–H groups in total. The summed E-state index contributed by atoms with van der Waals surface area (Å²) in [5.41, 5.74) is 1.89. The van der Waals surface area contributed by atoms with E-state index in [1.807, 2.05) is 24.3 Å². The van der Waals surface area contributed by atoms with Crippen molar-refractivity contribution in [3.8, 4) is 11.4 Å². The molecule has 1 saturated heterocycles. The molecule has 3 heterocycles. The standard InChI is InChI=1S/C13H16N4/c1-2-8-15-12(5-1)13-6-9-17(16-13)11-4-3-7-14-10-11/h1-2,5-6,8-9,11,14H,3-4,7,10H2/t11-/m0/s1. The molecular weight excluding hydrogens is 212 g/mol. The van der Waals surface area contributed by atoms with Gasteiger partial charge in [0.2, 0.25) is 0 Å². The van der Waals surface area contributed by atoms with E-state index in [0.717, 1.165) is 24.5 Å². The van der Waals surface area contributed by atoms with E-state index >= 15 is 0 Å². The van der Waals surface area contributed by atoms with Crippen molar-refractivity contribution in [2.24, 2.45) is 0 Å². The van der Waals surface area contributed by atoms with Crippen LogP contribution in [0.25, 0.3) is 11.4 Å². The minimum absolute atomic E-state index is 0.487. The first-order valence-corrected chi connectivity index (χ1v) is 6.11. The Morgan fingerprint density at radius 1 is 1.24 bits per heavy atom. The monoisotopic (exact) mass is 228 g/mol. The fourth-order valence-electron chi connectivity index (χ4n) is 2.25. The molecule has 4 nitrogen and oxygen atoms in total. The molecule has 0 spiro atoms. The molecule has 0 unspecified atom stereocenters. The smallest absolute Gasteiger partial charge is 0.111 e. The van der Waals surface area contributed by atoms with Crippen molar-refractivity contribution in [3.05, 3.63) is 36.7 Å². The van der Waals surface area contributed by atoms with Gasteiger partial charge in [-0.3, -0.25) is 9.67 Å². The fourth-order valence-corrected chi connectivity index (χ4v) is 2.25. The van der Waals surface area contributed by atoms with Gasteiger partial charge in [0, 0.05) is 18.9 Å². The molecule has 3 rings (SSSR count). The fraction of sp³-hybridized carbons (Fsp3) is 0.385. The third-order valence-corrected chi connectivity index (χ3v) is 3.18. The summed E-state index contributed by atoms with van der Waals surface area (Å²) in [5.74, 6) is 0. The number of nitrogens with one attached hydrogen (secondary N) is 1. The topological polar surface area (TPSA) is 42.7 Å². The Morgan fingerprint density at radius 2 is 2.24 bits per heavy atom. The first-order valence-electron chi connectivity index (χ1n) is 6.11. The summed E-state index contributed by atoms with van der Waals surface area (Å²) in [6, 6.07) is 8.43. The first-order chi connectivity index (χ1) is 8.43. The highest BCUT2D eigenvalue weighted by atomic mass is 15.3. The Morgan fingerprint density at radius 3 is 3.00 bits per heavy atom. The number of pyridine rings is 1. The molecule has 2 aromatic heterocycles. The highest BCUT2D eigenvalue weighted by Gasteiger charge is 2.15. The van der Waals surface area contributed by atoms with E-state index in [0.29, 0.717) is 6.04 Å². The summed E-state index contributed by atoms with van der Waals surface area (Å²) < 4.78 is 2.07. The van der Waals surface area contributed by atoms with E-state index in [-0.39, 0.29) is 0 Å². The molecule has 0 amide bonds. The Bertz CT molecular complexity index is 471. The number of piperidine rings is 1. The van der Waals surface area contributed by atoms with Gasteiger partial charge in [-0.2, -0.15) is 5.10 Å². The predicted octanol–water partition coefficient (Wildman–Crippen LogP) is 1.87. The molecular formula is C13H16N4. The number of hydrogen-bond acceptors (Lipinski definition) is 3. The Hall–Kier alpha value is -1.68. The van der Waals surface area contributed by atoms with Crippen molar-refractivity contribution in [1.82, 2.24) is 20.1 Å². The number of hydrogen-bond donors (Lipinski definition) is 1. The lowest BCUT2D eigenvalue weighted by molar-refractivity contribution is 0.347. The average Bonchev–Trinajstić information content (AvgIpc) is 2.90. The van der Waals surface area contributed by atoms with Crippen LogP contribution in [0.1, 0.15) is 18.9 Å². The zero-order chi connectivity index (χ0) is 11.5. The van der Waals surface area contributed by atoms with Crippen LogP contribution in [0.4, 0.5) is 0 Å². The second-order valence-electron chi connectivity index (χ2n) is 4.40. The molecule has 2 aromatic rings. The lowest BCUT2D eigenvalue weighted by atomic mass is 10.1. The van der Waals surface area contributed by atoms with E-state index in [1.165, 1.54) is 12.8 Å². The lowest BCUT2D eigenvalue weighted by Crippen LogP contribution is -2.31. The van der Waals surface area contributed by atoms with E-state index in [2.05, 4.69) is 26.3 Å². The van der Waals surface area contributed by atoms with Gasteiger partial charge in [0.15, 0.2) is 0 Å². The molecule has 17 heavy (non-hydrogen) atoms. The van der Waals surface area contributed by atoms with Gasteiger partial charge in [-0.05, 0) is 37.6 Å². The highest BCUT2D eigenvalue weighted by Crippen LogP contribution is 2.19. The molecule has 0 aliphatic carbocycles. The molecule has 1 atom stereocenters. The largest absolute Gasteiger partial charge is 0.315 e. The van der Waals surface area contributed by atoms with Crippen molar-refractivity contribution >= 4 is 0 Å². The van der Waals surface area contributed by atoms with Gasteiger partial charge in [0.25, 0.3) is 0 Å². The van der Waals surface area contributed by atoms with Gasteiger partial charge in [-0.15, -0.1) is 0 Å². The van der Waals surface area contributed by atoms with Gasteiger partial charge in [0.05, 0.1) is 11.7 Å². The van der Waals surface area contributed by atoms with Gasteiger partial charge in [0.1, 0.15) is 5.69 Å². The molecule has 1 aliphatic heterocycles. The second-order valence-corrected chi connectivity index (χ2v) is 4.40. The van der Waals surface area contributed by atoms with Crippen LogP contribution >= 0.6 is 0 Å². The van der Waals surface area contributed by atoms with Crippen LogP contribution in [0.2, 0.25) is 0 Å². The SMILES string of the molecule is c1ccc(-c2ccn([C@H]3CCCNC3)n2)nc1. The number of nitrogens with zero attached hydrogens (tertiary/aromatic N) is 3. The zero-order valence-electron chi connectivity index (χ0n) is 9.71. The molecule has 88 valence electrons. The summed E-state index contributed by atoms with van der Waals surface area (Å²) in [6.45, 7) is 2.15. The van der Waals surface area contributed by atoms with Crippen molar-refractivity contribution < 1.29 is 0 Å². The van der Waals surface area contributed by atoms with E-state index in [1.54, 1.807) is 6.20 Å². The van der Waals surface area contributed by atoms with Crippen LogP contribution in [0, 0.1) is 0 Å². The minimum atomic E-state index is 0.487. The van der Waals surface area contributed by atoms with Crippen molar-refractivity contribution in [2.45, 2.75) is 18.9 Å². The third-order valence-electron chi connectivity index (χ3n) is 3.18. The second kappa shape index (κ2) is 4.67.